The van der Waals surface area contributed by atoms with Gasteiger partial charge in [-0.2, -0.15) is 8.78 Å². The monoisotopic (exact) mass is 431 g/mol. The molecule has 5 nitrogen and oxygen atoms in total. The highest BCUT2D eigenvalue weighted by Gasteiger charge is 2.24. The summed E-state index contributed by atoms with van der Waals surface area (Å²) in [6.45, 7) is -3.03. The first-order valence-electron chi connectivity index (χ1n) is 9.87. The minimum absolute atomic E-state index is 0.00687. The molecule has 1 atom stereocenters. The van der Waals surface area contributed by atoms with Gasteiger partial charge in [-0.25, -0.2) is 0 Å². The number of hydrogen-bond donors (Lipinski definition) is 1. The molecule has 0 bridgehead atoms. The maximum atomic E-state index is 13.5. The molecule has 0 saturated heterocycles. The summed E-state index contributed by atoms with van der Waals surface area (Å²) in [5.74, 6) is -0.797. The fraction of sp³-hybridized carbons (Fsp3) is 0.0800. The Bertz CT molecular complexity index is 1310. The van der Waals surface area contributed by atoms with Crippen molar-refractivity contribution < 1.29 is 13.6 Å². The van der Waals surface area contributed by atoms with E-state index in [0.29, 0.717) is 15.7 Å². The molecule has 3 aromatic carbocycles. The Labute approximate surface area is 182 Å². The van der Waals surface area contributed by atoms with Gasteiger partial charge in [-0.05, 0) is 6.07 Å². The second-order valence-corrected chi connectivity index (χ2v) is 7.12. The maximum absolute atomic E-state index is 13.5. The van der Waals surface area contributed by atoms with E-state index in [1.165, 1.54) is 6.07 Å². The van der Waals surface area contributed by atoms with Gasteiger partial charge in [-0.3, -0.25) is 19.1 Å². The van der Waals surface area contributed by atoms with E-state index >= 15 is 0 Å². The molecule has 2 N–H and O–H groups in total. The van der Waals surface area contributed by atoms with E-state index in [1.807, 2.05) is 60.7 Å². The van der Waals surface area contributed by atoms with Crippen LogP contribution in [-0.4, -0.2) is 16.2 Å². The number of hydrogen-bond acceptors (Lipinski definition) is 3. The van der Waals surface area contributed by atoms with Crippen LogP contribution in [0.25, 0.3) is 10.9 Å². The number of rotatable bonds is 6. The fourth-order valence-corrected chi connectivity index (χ4v) is 3.68. The number of pyridine rings is 1. The zero-order valence-corrected chi connectivity index (χ0v) is 16.9. The van der Waals surface area contributed by atoms with Crippen LogP contribution < -0.4 is 11.3 Å². The van der Waals surface area contributed by atoms with Gasteiger partial charge in [0.05, 0.1) is 11.2 Å². The van der Waals surface area contributed by atoms with E-state index in [1.54, 1.807) is 18.2 Å². The van der Waals surface area contributed by atoms with Gasteiger partial charge < -0.3 is 5.73 Å². The van der Waals surface area contributed by atoms with Gasteiger partial charge in [0, 0.05) is 28.1 Å². The Morgan fingerprint density at radius 3 is 1.91 bits per heavy atom. The van der Waals surface area contributed by atoms with Gasteiger partial charge in [-0.15, -0.1) is 0 Å². The third-order valence-electron chi connectivity index (χ3n) is 5.10. The quantitative estimate of drug-likeness (QED) is 0.458. The van der Waals surface area contributed by atoms with Gasteiger partial charge in [-0.1, -0.05) is 78.9 Å². The first kappa shape index (κ1) is 21.1. The van der Waals surface area contributed by atoms with Crippen LogP contribution in [0.5, 0.6) is 0 Å². The molecule has 32 heavy (non-hydrogen) atoms. The van der Waals surface area contributed by atoms with Gasteiger partial charge in [0.15, 0.2) is 6.04 Å². The molecule has 4 rings (SSSR count). The molecule has 0 spiro atoms. The number of primary amides is 1. The molecule has 0 aliphatic carbocycles. The minimum Gasteiger partial charge on any atom is -0.368 e. The Hall–Kier alpha value is -4.13. The zero-order chi connectivity index (χ0) is 22.7. The SMILES string of the molecule is NC(=O)C(N=C(c1ccccc1)c1ccccc1)c1cc(=O)n(C(F)F)c2ccccc12. The third kappa shape index (κ3) is 4.05. The molecule has 0 aliphatic heterocycles. The average molecular weight is 431 g/mol. The van der Waals surface area contributed by atoms with Crippen LogP contribution in [0.1, 0.15) is 29.3 Å². The van der Waals surface area contributed by atoms with E-state index in [0.717, 1.165) is 17.2 Å². The molecule has 0 radical (unpaired) electrons. The molecule has 1 heterocycles. The van der Waals surface area contributed by atoms with E-state index in [2.05, 4.69) is 4.99 Å². The second-order valence-electron chi connectivity index (χ2n) is 7.12. The first-order valence-corrected chi connectivity index (χ1v) is 9.87. The van der Waals surface area contributed by atoms with Crippen LogP contribution in [0.3, 0.4) is 0 Å². The Morgan fingerprint density at radius 2 is 1.38 bits per heavy atom. The van der Waals surface area contributed by atoms with E-state index < -0.39 is 24.1 Å². The number of amides is 1. The van der Waals surface area contributed by atoms with Crippen molar-refractivity contribution in [2.75, 3.05) is 0 Å². The smallest absolute Gasteiger partial charge is 0.321 e. The van der Waals surface area contributed by atoms with Gasteiger partial charge in [0.2, 0.25) is 5.91 Å². The summed E-state index contributed by atoms with van der Waals surface area (Å²) < 4.78 is 27.5. The Balaban J connectivity index is 1.99. The number of halogens is 2. The van der Waals surface area contributed by atoms with E-state index in [-0.39, 0.29) is 11.1 Å². The number of fused-ring (bicyclic) bond motifs is 1. The summed E-state index contributed by atoms with van der Waals surface area (Å²) in [6, 6.07) is 24.4. The second kappa shape index (κ2) is 8.93. The summed E-state index contributed by atoms with van der Waals surface area (Å²) in [6.07, 6.45) is 0. The summed E-state index contributed by atoms with van der Waals surface area (Å²) in [7, 11) is 0. The van der Waals surface area contributed by atoms with Crippen molar-refractivity contribution in [2.45, 2.75) is 12.6 Å². The fourth-order valence-electron chi connectivity index (χ4n) is 3.68. The molecular weight excluding hydrogens is 412 g/mol. The lowest BCUT2D eigenvalue weighted by Gasteiger charge is -2.18. The predicted octanol–water partition coefficient (Wildman–Crippen LogP) is 4.46. The average Bonchev–Trinajstić information content (AvgIpc) is 2.80. The topological polar surface area (TPSA) is 77.5 Å². The van der Waals surface area contributed by atoms with Crippen LogP contribution >= 0.6 is 0 Å². The molecular formula is C25H19F2N3O2. The number of benzene rings is 3. The van der Waals surface area contributed by atoms with Gasteiger partial charge in [0.25, 0.3) is 5.56 Å². The molecule has 1 aromatic heterocycles. The number of nitrogens with two attached hydrogens (primary N) is 1. The number of carbonyl (C=O) groups excluding carboxylic acids is 1. The van der Waals surface area contributed by atoms with E-state index in [4.69, 9.17) is 5.73 Å². The van der Waals surface area contributed by atoms with E-state index in [9.17, 15) is 18.4 Å². The lowest BCUT2D eigenvalue weighted by molar-refractivity contribution is -0.119. The number of carbonyl (C=O) groups is 1. The van der Waals surface area contributed by atoms with Crippen LogP contribution in [-0.2, 0) is 4.79 Å². The predicted molar refractivity (Wildman–Crippen MR) is 120 cm³/mol. The molecule has 1 unspecified atom stereocenters. The van der Waals surface area contributed by atoms with Crippen molar-refractivity contribution in [1.82, 2.24) is 4.57 Å². The molecule has 4 aromatic rings. The molecule has 0 saturated carbocycles. The number of para-hydroxylation sites is 1. The maximum Gasteiger partial charge on any atom is 0.321 e. The summed E-state index contributed by atoms with van der Waals surface area (Å²) in [5, 5.41) is 0.306. The lowest BCUT2D eigenvalue weighted by Crippen LogP contribution is -2.26. The van der Waals surface area contributed by atoms with Crippen molar-refractivity contribution >= 4 is 22.5 Å². The largest absolute Gasteiger partial charge is 0.368 e. The first-order chi connectivity index (χ1) is 15.5. The zero-order valence-electron chi connectivity index (χ0n) is 16.9. The Kier molecular flexibility index (Phi) is 5.89. The van der Waals surface area contributed by atoms with Crippen molar-refractivity contribution in [3.63, 3.8) is 0 Å². The molecule has 7 heteroatoms. The molecule has 1 amide bonds. The van der Waals surface area contributed by atoms with Gasteiger partial charge in [0.1, 0.15) is 0 Å². The van der Waals surface area contributed by atoms with Crippen molar-refractivity contribution in [1.29, 1.82) is 0 Å². The molecule has 0 fully saturated rings. The highest BCUT2D eigenvalue weighted by atomic mass is 19.3. The van der Waals surface area contributed by atoms with Crippen molar-refractivity contribution in [3.05, 3.63) is 118 Å². The van der Waals surface area contributed by atoms with Crippen molar-refractivity contribution in [2.24, 2.45) is 10.7 Å². The Morgan fingerprint density at radius 1 is 0.844 bits per heavy atom. The van der Waals surface area contributed by atoms with Crippen LogP contribution in [0, 0.1) is 0 Å². The lowest BCUT2D eigenvalue weighted by atomic mass is 9.98. The number of nitrogens with zero attached hydrogens (tertiary/aromatic N) is 2. The van der Waals surface area contributed by atoms with Crippen LogP contribution in [0.15, 0.2) is 101 Å². The normalized spacial score (nSPS) is 12.0. The highest BCUT2D eigenvalue weighted by molar-refractivity contribution is 6.13. The minimum atomic E-state index is -3.03. The van der Waals surface area contributed by atoms with Crippen LogP contribution in [0.4, 0.5) is 8.78 Å². The summed E-state index contributed by atoms with van der Waals surface area (Å²) in [5.41, 5.74) is 6.95. The summed E-state index contributed by atoms with van der Waals surface area (Å²) in [4.78, 5) is 29.7. The number of aliphatic imine (C=N–C) groups is 1. The number of alkyl halides is 2. The van der Waals surface area contributed by atoms with Crippen molar-refractivity contribution in [3.8, 4) is 0 Å². The van der Waals surface area contributed by atoms with Crippen LogP contribution in [0.2, 0.25) is 0 Å². The standard InChI is InChI=1S/C25H19F2N3O2/c26-25(27)30-20-14-8-7-13-18(20)19(15-21(30)31)23(24(28)32)29-22(16-9-3-1-4-10-16)17-11-5-2-6-12-17/h1-15,23,25H,(H2,28,32). The summed E-state index contributed by atoms with van der Waals surface area (Å²) >= 11 is 0. The molecule has 160 valence electrons. The number of aromatic nitrogens is 1. The highest BCUT2D eigenvalue weighted by Crippen LogP contribution is 2.28. The molecule has 0 aliphatic rings. The van der Waals surface area contributed by atoms with Gasteiger partial charge >= 0.3 is 6.55 Å². The third-order valence-corrected chi connectivity index (χ3v) is 5.10.